The van der Waals surface area contributed by atoms with E-state index in [9.17, 15) is 17.6 Å². The molecule has 96 valence electrons. The van der Waals surface area contributed by atoms with Crippen LogP contribution < -0.4 is 5.73 Å². The number of hydrogen-bond donors (Lipinski definition) is 1. The van der Waals surface area contributed by atoms with Crippen molar-refractivity contribution in [2.75, 3.05) is 0 Å². The van der Waals surface area contributed by atoms with Crippen molar-refractivity contribution >= 4 is 0 Å². The Morgan fingerprint density at radius 1 is 0.941 bits per heavy atom. The van der Waals surface area contributed by atoms with Crippen molar-refractivity contribution in [1.29, 1.82) is 0 Å². The molecular formula is C12H15F4N. The first kappa shape index (κ1) is 14.0. The highest BCUT2D eigenvalue weighted by atomic mass is 19.4. The summed E-state index contributed by atoms with van der Waals surface area (Å²) in [6.45, 7) is 4.06. The van der Waals surface area contributed by atoms with E-state index in [0.29, 0.717) is 0 Å². The summed E-state index contributed by atoms with van der Waals surface area (Å²) < 4.78 is 51.9. The van der Waals surface area contributed by atoms with Crippen molar-refractivity contribution in [2.24, 2.45) is 5.73 Å². The SMILES string of the molecule is CC(C)(N)C(C)(F)c1cccc(C(F)(F)F)c1. The lowest BCUT2D eigenvalue weighted by atomic mass is 9.81. The molecule has 0 amide bonds. The Labute approximate surface area is 97.6 Å². The van der Waals surface area contributed by atoms with Crippen LogP contribution in [0, 0.1) is 0 Å². The van der Waals surface area contributed by atoms with Crippen molar-refractivity contribution in [3.8, 4) is 0 Å². The van der Waals surface area contributed by atoms with E-state index in [-0.39, 0.29) is 5.56 Å². The third-order valence-corrected chi connectivity index (χ3v) is 2.94. The highest BCUT2D eigenvalue weighted by Crippen LogP contribution is 2.38. The fourth-order valence-electron chi connectivity index (χ4n) is 1.36. The maximum Gasteiger partial charge on any atom is 0.416 e. The van der Waals surface area contributed by atoms with Gasteiger partial charge in [-0.2, -0.15) is 13.2 Å². The number of nitrogens with two attached hydrogens (primary N) is 1. The number of hydrogen-bond acceptors (Lipinski definition) is 1. The van der Waals surface area contributed by atoms with Gasteiger partial charge in [0.2, 0.25) is 0 Å². The van der Waals surface area contributed by atoms with E-state index >= 15 is 0 Å². The van der Waals surface area contributed by atoms with Crippen molar-refractivity contribution in [3.63, 3.8) is 0 Å². The van der Waals surface area contributed by atoms with Gasteiger partial charge in [-0.3, -0.25) is 0 Å². The molecule has 1 aromatic rings. The van der Waals surface area contributed by atoms with Gasteiger partial charge in [0.15, 0.2) is 5.67 Å². The van der Waals surface area contributed by atoms with Crippen molar-refractivity contribution in [1.82, 2.24) is 0 Å². The van der Waals surface area contributed by atoms with Crippen molar-refractivity contribution in [2.45, 2.75) is 38.2 Å². The zero-order valence-corrected chi connectivity index (χ0v) is 9.90. The lowest BCUT2D eigenvalue weighted by molar-refractivity contribution is -0.137. The van der Waals surface area contributed by atoms with Crippen LogP contribution >= 0.6 is 0 Å². The van der Waals surface area contributed by atoms with Crippen LogP contribution in [-0.2, 0) is 11.8 Å². The predicted octanol–water partition coefficient (Wildman–Crippen LogP) is 3.63. The normalized spacial score (nSPS) is 16.7. The van der Waals surface area contributed by atoms with Crippen LogP contribution in [0.15, 0.2) is 24.3 Å². The van der Waals surface area contributed by atoms with Gasteiger partial charge in [0.05, 0.1) is 5.56 Å². The number of halogens is 4. The monoisotopic (exact) mass is 249 g/mol. The summed E-state index contributed by atoms with van der Waals surface area (Å²) in [5.74, 6) is 0. The van der Waals surface area contributed by atoms with Crippen LogP contribution in [-0.4, -0.2) is 5.54 Å². The Morgan fingerprint density at radius 2 is 1.41 bits per heavy atom. The summed E-state index contributed by atoms with van der Waals surface area (Å²) in [6, 6.07) is 4.20. The molecule has 0 bridgehead atoms. The smallest absolute Gasteiger partial charge is 0.323 e. The van der Waals surface area contributed by atoms with Crippen LogP contribution in [0.5, 0.6) is 0 Å². The molecule has 0 saturated carbocycles. The fraction of sp³-hybridized carbons (Fsp3) is 0.500. The van der Waals surface area contributed by atoms with E-state index in [1.54, 1.807) is 0 Å². The molecule has 5 heteroatoms. The molecule has 0 aliphatic rings. The molecule has 1 unspecified atom stereocenters. The molecule has 0 spiro atoms. The molecule has 1 nitrogen and oxygen atoms in total. The van der Waals surface area contributed by atoms with Gasteiger partial charge in [-0.15, -0.1) is 0 Å². The molecule has 17 heavy (non-hydrogen) atoms. The van der Waals surface area contributed by atoms with Gasteiger partial charge in [0.1, 0.15) is 0 Å². The molecule has 0 aromatic heterocycles. The molecular weight excluding hydrogens is 234 g/mol. The molecule has 0 saturated heterocycles. The lowest BCUT2D eigenvalue weighted by Gasteiger charge is -2.35. The molecule has 0 heterocycles. The van der Waals surface area contributed by atoms with Gasteiger partial charge < -0.3 is 5.73 Å². The van der Waals surface area contributed by atoms with Gasteiger partial charge in [0, 0.05) is 5.54 Å². The predicted molar refractivity (Wildman–Crippen MR) is 58.2 cm³/mol. The minimum Gasteiger partial charge on any atom is -0.323 e. The first-order valence-electron chi connectivity index (χ1n) is 5.12. The summed E-state index contributed by atoms with van der Waals surface area (Å²) in [5, 5.41) is 0. The molecule has 1 atom stereocenters. The summed E-state index contributed by atoms with van der Waals surface area (Å²) in [6.07, 6.45) is -4.48. The average Bonchev–Trinajstić information content (AvgIpc) is 2.15. The Kier molecular flexibility index (Phi) is 3.27. The number of benzene rings is 1. The Bertz CT molecular complexity index is 402. The first-order chi connectivity index (χ1) is 7.46. The van der Waals surface area contributed by atoms with Gasteiger partial charge in [-0.05, 0) is 38.5 Å². The zero-order valence-electron chi connectivity index (χ0n) is 9.90. The average molecular weight is 249 g/mol. The van der Waals surface area contributed by atoms with Crippen LogP contribution in [0.25, 0.3) is 0 Å². The molecule has 2 N–H and O–H groups in total. The second-order valence-corrected chi connectivity index (χ2v) is 4.80. The number of rotatable bonds is 2. The Hall–Kier alpha value is -1.10. The molecule has 0 aliphatic heterocycles. The maximum atomic E-state index is 14.4. The van der Waals surface area contributed by atoms with Gasteiger partial charge >= 0.3 is 6.18 Å². The highest BCUT2D eigenvalue weighted by molar-refractivity contribution is 5.32. The zero-order chi connectivity index (χ0) is 13.5. The van der Waals surface area contributed by atoms with E-state index in [1.807, 2.05) is 0 Å². The minimum atomic E-state index is -4.48. The van der Waals surface area contributed by atoms with Crippen molar-refractivity contribution < 1.29 is 17.6 Å². The van der Waals surface area contributed by atoms with Gasteiger partial charge in [-0.1, -0.05) is 12.1 Å². The molecule has 0 fully saturated rings. The van der Waals surface area contributed by atoms with Crippen LogP contribution in [0.2, 0.25) is 0 Å². The topological polar surface area (TPSA) is 26.0 Å². The molecule has 1 aromatic carbocycles. The van der Waals surface area contributed by atoms with E-state index < -0.39 is 22.9 Å². The third kappa shape index (κ3) is 2.77. The minimum absolute atomic E-state index is 0.0696. The number of alkyl halides is 4. The summed E-state index contributed by atoms with van der Waals surface area (Å²) in [5.41, 5.74) is 1.41. The second-order valence-electron chi connectivity index (χ2n) is 4.80. The van der Waals surface area contributed by atoms with Gasteiger partial charge in [0.25, 0.3) is 0 Å². The first-order valence-corrected chi connectivity index (χ1v) is 5.12. The molecule has 0 aliphatic carbocycles. The summed E-state index contributed by atoms with van der Waals surface area (Å²) in [7, 11) is 0. The Balaban J connectivity index is 3.26. The Morgan fingerprint density at radius 3 is 1.82 bits per heavy atom. The quantitative estimate of drug-likeness (QED) is 0.796. The second kappa shape index (κ2) is 3.98. The summed E-state index contributed by atoms with van der Waals surface area (Å²) in [4.78, 5) is 0. The van der Waals surface area contributed by atoms with Crippen LogP contribution in [0.3, 0.4) is 0 Å². The van der Waals surface area contributed by atoms with Gasteiger partial charge in [-0.25, -0.2) is 4.39 Å². The lowest BCUT2D eigenvalue weighted by Crippen LogP contribution is -2.49. The van der Waals surface area contributed by atoms with Crippen molar-refractivity contribution in [3.05, 3.63) is 35.4 Å². The van der Waals surface area contributed by atoms with E-state index in [4.69, 9.17) is 5.73 Å². The standard InChI is InChI=1S/C12H15F4N/c1-10(2,17)11(3,13)8-5-4-6-9(7-8)12(14,15)16/h4-7H,17H2,1-3H3. The van der Waals surface area contributed by atoms with Crippen LogP contribution in [0.4, 0.5) is 17.6 Å². The van der Waals surface area contributed by atoms with E-state index in [0.717, 1.165) is 12.1 Å². The van der Waals surface area contributed by atoms with E-state index in [1.165, 1.54) is 32.9 Å². The molecule has 0 radical (unpaired) electrons. The molecule has 1 rings (SSSR count). The fourth-order valence-corrected chi connectivity index (χ4v) is 1.36. The van der Waals surface area contributed by atoms with E-state index in [2.05, 4.69) is 0 Å². The summed E-state index contributed by atoms with van der Waals surface area (Å²) >= 11 is 0. The third-order valence-electron chi connectivity index (χ3n) is 2.94. The van der Waals surface area contributed by atoms with Crippen LogP contribution in [0.1, 0.15) is 31.9 Å². The maximum absolute atomic E-state index is 14.4. The highest BCUT2D eigenvalue weighted by Gasteiger charge is 2.41. The largest absolute Gasteiger partial charge is 0.416 e.